The number of carbonyl (C=O) groups is 1. The molecule has 2 aliphatic heterocycles. The van der Waals surface area contributed by atoms with Crippen LogP contribution in [0.3, 0.4) is 0 Å². The first kappa shape index (κ1) is 29.6. The average molecular weight is 478 g/mol. The summed E-state index contributed by atoms with van der Waals surface area (Å²) >= 11 is 0. The molecule has 0 atom stereocenters. The summed E-state index contributed by atoms with van der Waals surface area (Å²) in [5.41, 5.74) is -1.08. The topological polar surface area (TPSA) is 64.2 Å². The highest BCUT2D eigenvalue weighted by Crippen LogP contribution is 2.55. The van der Waals surface area contributed by atoms with Crippen LogP contribution in [0.4, 0.5) is 0 Å². The summed E-state index contributed by atoms with van der Waals surface area (Å²) in [5.74, 6) is -0.529. The van der Waals surface area contributed by atoms with E-state index < -0.39 is 11.4 Å². The molecule has 0 aromatic rings. The van der Waals surface area contributed by atoms with E-state index in [4.69, 9.17) is 0 Å². The Kier molecular flexibility index (Phi) is 9.75. The molecule has 2 aliphatic rings. The molecule has 0 bridgehead atoms. The molecule has 2 rings (SSSR count). The summed E-state index contributed by atoms with van der Waals surface area (Å²) in [6.45, 7) is 20.2. The molecule has 2 saturated heterocycles. The largest absolute Gasteiger partial charge is 0.550 e. The predicted molar refractivity (Wildman–Crippen MR) is 143 cm³/mol. The number of aliphatic carboxylic acids is 1. The van der Waals surface area contributed by atoms with Gasteiger partial charge in [0.15, 0.2) is 0 Å². The van der Waals surface area contributed by atoms with Crippen molar-refractivity contribution < 1.29 is 9.90 Å². The van der Waals surface area contributed by atoms with E-state index in [0.717, 1.165) is 44.9 Å². The molecule has 4 nitrogen and oxygen atoms in total. The zero-order valence-electron chi connectivity index (χ0n) is 24.2. The van der Waals surface area contributed by atoms with Crippen molar-refractivity contribution in [3.63, 3.8) is 0 Å². The molecular weight excluding hydrogens is 420 g/mol. The molecule has 4 heteroatoms. The van der Waals surface area contributed by atoms with Crippen molar-refractivity contribution in [2.45, 2.75) is 168 Å². The second kappa shape index (κ2) is 11.2. The fraction of sp³-hybridized carbons (Fsp3) is 0.967. The Morgan fingerprint density at radius 3 is 1.32 bits per heavy atom. The van der Waals surface area contributed by atoms with E-state index in [1.165, 1.54) is 38.5 Å². The first-order valence-corrected chi connectivity index (χ1v) is 14.3. The van der Waals surface area contributed by atoms with Crippen LogP contribution in [0.1, 0.15) is 146 Å². The number of rotatable bonds is 12. The zero-order chi connectivity index (χ0) is 25.8. The molecule has 0 aromatic heterocycles. The Labute approximate surface area is 211 Å². The highest BCUT2D eigenvalue weighted by atomic mass is 16.4. The Morgan fingerprint density at radius 1 is 0.676 bits per heavy atom. The van der Waals surface area contributed by atoms with E-state index in [0.29, 0.717) is 0 Å². The lowest BCUT2D eigenvalue weighted by molar-refractivity contribution is -0.329. The van der Waals surface area contributed by atoms with Crippen LogP contribution in [0.5, 0.6) is 0 Å². The molecule has 0 spiro atoms. The summed E-state index contributed by atoms with van der Waals surface area (Å²) in [5, 5.41) is 20.9. The van der Waals surface area contributed by atoms with Gasteiger partial charge in [-0.05, 0) is 99.3 Å². The molecule has 0 aromatic carbocycles. The monoisotopic (exact) mass is 477 g/mol. The molecule has 200 valence electrons. The lowest BCUT2D eigenvalue weighted by Gasteiger charge is -2.59. The number of nitrogens with one attached hydrogen (secondary N) is 2. The van der Waals surface area contributed by atoms with E-state index >= 15 is 0 Å². The summed E-state index contributed by atoms with van der Waals surface area (Å²) in [7, 11) is 0. The van der Waals surface area contributed by atoms with E-state index in [9.17, 15) is 9.90 Å². The Morgan fingerprint density at radius 2 is 1.00 bits per heavy atom. The van der Waals surface area contributed by atoms with Gasteiger partial charge in [-0.3, -0.25) is 0 Å². The molecule has 2 heterocycles. The number of piperidine rings is 2. The van der Waals surface area contributed by atoms with Gasteiger partial charge in [-0.2, -0.15) is 0 Å². The molecule has 2 N–H and O–H groups in total. The molecule has 0 aliphatic carbocycles. The van der Waals surface area contributed by atoms with Gasteiger partial charge in [-0.15, -0.1) is 0 Å². The molecule has 2 fully saturated rings. The van der Waals surface area contributed by atoms with E-state index in [-0.39, 0.29) is 34.0 Å². The van der Waals surface area contributed by atoms with Crippen molar-refractivity contribution in [1.82, 2.24) is 10.6 Å². The first-order valence-electron chi connectivity index (χ1n) is 14.3. The standard InChI is InChI=1S/C30H58N2O2/c1-10-11-12-13-14-15-16-17-18-30(25(33)34,23-19-26(2,3)31-27(4,5)20-23)24-21-28(6,7)32-29(8,9)22-24/h23-24,31-32H,10-22H2,1-9H3,(H,33,34)/p-1. The fourth-order valence-corrected chi connectivity index (χ4v) is 8.10. The quantitative estimate of drug-likeness (QED) is 0.321. The number of carboxylic acids is 1. The van der Waals surface area contributed by atoms with Gasteiger partial charge in [-0.1, -0.05) is 58.3 Å². The van der Waals surface area contributed by atoms with Crippen molar-refractivity contribution in [2.24, 2.45) is 17.3 Å². The van der Waals surface area contributed by atoms with Crippen LogP contribution in [0.2, 0.25) is 0 Å². The predicted octanol–water partition coefficient (Wildman–Crippen LogP) is 6.37. The Balaban J connectivity index is 2.31. The minimum atomic E-state index is -0.785. The Bertz CT molecular complexity index is 595. The normalized spacial score (nSPS) is 24.7. The van der Waals surface area contributed by atoms with Crippen LogP contribution in [-0.4, -0.2) is 28.1 Å². The zero-order valence-corrected chi connectivity index (χ0v) is 24.2. The second-order valence-electron chi connectivity index (χ2n) is 14.5. The van der Waals surface area contributed by atoms with Crippen molar-refractivity contribution in [3.05, 3.63) is 0 Å². The lowest BCUT2D eigenvalue weighted by atomic mass is 9.52. The third-order valence-electron chi connectivity index (χ3n) is 8.66. The molecule has 0 amide bonds. The molecule has 0 unspecified atom stereocenters. The maximum atomic E-state index is 13.4. The van der Waals surface area contributed by atoms with Gasteiger partial charge < -0.3 is 20.5 Å². The van der Waals surface area contributed by atoms with Gasteiger partial charge in [0.2, 0.25) is 0 Å². The first-order chi connectivity index (χ1) is 15.5. The van der Waals surface area contributed by atoms with Crippen LogP contribution in [0, 0.1) is 17.3 Å². The van der Waals surface area contributed by atoms with Gasteiger partial charge in [0, 0.05) is 33.5 Å². The van der Waals surface area contributed by atoms with Gasteiger partial charge in [-0.25, -0.2) is 0 Å². The number of hydrogen-bond donors (Lipinski definition) is 2. The lowest BCUT2D eigenvalue weighted by Crippen LogP contribution is -2.67. The molecule has 34 heavy (non-hydrogen) atoms. The number of hydrogen-bond acceptors (Lipinski definition) is 4. The number of carbonyl (C=O) groups excluding carboxylic acids is 1. The number of unbranched alkanes of at least 4 members (excludes halogenated alkanes) is 7. The molecule has 0 saturated carbocycles. The van der Waals surface area contributed by atoms with Crippen molar-refractivity contribution in [1.29, 1.82) is 0 Å². The summed E-state index contributed by atoms with van der Waals surface area (Å²) < 4.78 is 0. The minimum Gasteiger partial charge on any atom is -0.550 e. The summed E-state index contributed by atoms with van der Waals surface area (Å²) in [4.78, 5) is 13.4. The third kappa shape index (κ3) is 7.95. The highest BCUT2D eigenvalue weighted by molar-refractivity contribution is 5.73. The Hall–Kier alpha value is -0.610. The van der Waals surface area contributed by atoms with Crippen LogP contribution in [0.15, 0.2) is 0 Å². The maximum absolute atomic E-state index is 13.4. The maximum Gasteiger partial charge on any atom is 0.0481 e. The van der Waals surface area contributed by atoms with Crippen LogP contribution >= 0.6 is 0 Å². The third-order valence-corrected chi connectivity index (χ3v) is 8.66. The van der Waals surface area contributed by atoms with Gasteiger partial charge in [0.1, 0.15) is 0 Å². The summed E-state index contributed by atoms with van der Waals surface area (Å²) in [6.07, 6.45) is 14.2. The average Bonchev–Trinajstić information content (AvgIpc) is 2.61. The smallest absolute Gasteiger partial charge is 0.0481 e. The van der Waals surface area contributed by atoms with Crippen molar-refractivity contribution in [3.8, 4) is 0 Å². The summed E-state index contributed by atoms with van der Waals surface area (Å²) in [6, 6.07) is 0. The van der Waals surface area contributed by atoms with Crippen LogP contribution in [0.25, 0.3) is 0 Å². The van der Waals surface area contributed by atoms with Crippen molar-refractivity contribution in [2.75, 3.05) is 0 Å². The minimum absolute atomic E-state index is 0.0790. The van der Waals surface area contributed by atoms with E-state index in [2.05, 4.69) is 72.9 Å². The fourth-order valence-electron chi connectivity index (χ4n) is 8.10. The number of carboxylic acid groups (broad SMARTS) is 1. The molecule has 0 radical (unpaired) electrons. The van der Waals surface area contributed by atoms with E-state index in [1.807, 2.05) is 0 Å². The van der Waals surface area contributed by atoms with Crippen LogP contribution in [-0.2, 0) is 4.79 Å². The highest BCUT2D eigenvalue weighted by Gasteiger charge is 2.55. The van der Waals surface area contributed by atoms with Gasteiger partial charge in [0.05, 0.1) is 0 Å². The second-order valence-corrected chi connectivity index (χ2v) is 14.5. The SMILES string of the molecule is CCCCCCCCCCC(C(=O)[O-])(C1CC(C)(C)NC(C)(C)C1)C1CC(C)(C)NC(C)(C)C1. The van der Waals surface area contributed by atoms with Crippen molar-refractivity contribution >= 4 is 5.97 Å². The van der Waals surface area contributed by atoms with Crippen LogP contribution < -0.4 is 15.7 Å². The van der Waals surface area contributed by atoms with Gasteiger partial charge >= 0.3 is 0 Å². The van der Waals surface area contributed by atoms with Gasteiger partial charge in [0.25, 0.3) is 0 Å². The molecular formula is C30H57N2O2-. The van der Waals surface area contributed by atoms with E-state index in [1.54, 1.807) is 0 Å².